The van der Waals surface area contributed by atoms with Gasteiger partial charge in [0.25, 0.3) is 5.56 Å². The van der Waals surface area contributed by atoms with Gasteiger partial charge in [0, 0.05) is 26.2 Å². The summed E-state index contributed by atoms with van der Waals surface area (Å²) in [5.41, 5.74) is 6.35. The molecule has 0 radical (unpaired) electrons. The van der Waals surface area contributed by atoms with Gasteiger partial charge in [-0.15, -0.1) is 0 Å². The standard InChI is InChI=1S/C22H26ClN9O/c1-13(2)10-17(29-20-14(11-24)19(25)27-12-28-20)21-30-16-5-3-4-15(23)18(16)22(33)32(21)31-8-6-26-7-9-31/h3-5,12-13,17,26H,6-10H2,1-2H3,(H3,25,27,28,29). The molecule has 172 valence electrons. The third-order valence-corrected chi connectivity index (χ3v) is 5.86. The minimum absolute atomic E-state index is 0.0936. The molecule has 0 aliphatic carbocycles. The molecule has 4 rings (SSSR count). The highest BCUT2D eigenvalue weighted by Crippen LogP contribution is 2.28. The number of anilines is 2. The number of nitrogens with two attached hydrogens (primary N) is 1. The summed E-state index contributed by atoms with van der Waals surface area (Å²) >= 11 is 6.41. The van der Waals surface area contributed by atoms with Gasteiger partial charge < -0.3 is 21.4 Å². The molecule has 11 heteroatoms. The number of rotatable bonds is 6. The van der Waals surface area contributed by atoms with Crippen molar-refractivity contribution in [3.8, 4) is 6.07 Å². The molecule has 2 aromatic heterocycles. The Kier molecular flexibility index (Phi) is 6.62. The highest BCUT2D eigenvalue weighted by molar-refractivity contribution is 6.35. The molecule has 0 saturated carbocycles. The molecule has 0 spiro atoms. The molecule has 1 fully saturated rings. The average molecular weight is 468 g/mol. The van der Waals surface area contributed by atoms with Crippen LogP contribution in [-0.4, -0.2) is 45.8 Å². The highest BCUT2D eigenvalue weighted by Gasteiger charge is 2.27. The number of hydrogen-bond donors (Lipinski definition) is 3. The predicted octanol–water partition coefficient (Wildman–Crippen LogP) is 2.03. The maximum absolute atomic E-state index is 13.7. The van der Waals surface area contributed by atoms with E-state index in [-0.39, 0.29) is 22.9 Å². The van der Waals surface area contributed by atoms with E-state index >= 15 is 0 Å². The van der Waals surface area contributed by atoms with Crippen LogP contribution >= 0.6 is 11.6 Å². The van der Waals surface area contributed by atoms with Gasteiger partial charge in [0.1, 0.15) is 29.6 Å². The Balaban J connectivity index is 1.92. The second-order valence-electron chi connectivity index (χ2n) is 8.35. The summed E-state index contributed by atoms with van der Waals surface area (Å²) in [6, 6.07) is 6.90. The molecule has 0 bridgehead atoms. The molecular formula is C22H26ClN9O. The molecule has 1 aromatic carbocycles. The number of fused-ring (bicyclic) bond motifs is 1. The summed E-state index contributed by atoms with van der Waals surface area (Å²) < 4.78 is 1.63. The van der Waals surface area contributed by atoms with Crippen LogP contribution in [0.25, 0.3) is 10.9 Å². The Morgan fingerprint density at radius 1 is 1.30 bits per heavy atom. The van der Waals surface area contributed by atoms with Crippen molar-refractivity contribution in [1.82, 2.24) is 24.9 Å². The smallest absolute Gasteiger partial charge is 0.281 e. The summed E-state index contributed by atoms with van der Waals surface area (Å²) in [6.45, 7) is 6.94. The van der Waals surface area contributed by atoms with E-state index in [0.29, 0.717) is 47.1 Å². The van der Waals surface area contributed by atoms with Gasteiger partial charge in [-0.3, -0.25) is 4.79 Å². The third kappa shape index (κ3) is 4.55. The Morgan fingerprint density at radius 3 is 2.76 bits per heavy atom. The van der Waals surface area contributed by atoms with Crippen LogP contribution in [0.5, 0.6) is 0 Å². The third-order valence-electron chi connectivity index (χ3n) is 5.54. The lowest BCUT2D eigenvalue weighted by molar-refractivity contribution is 0.437. The Morgan fingerprint density at radius 2 is 2.06 bits per heavy atom. The lowest BCUT2D eigenvalue weighted by Gasteiger charge is -2.34. The van der Waals surface area contributed by atoms with Crippen molar-refractivity contribution in [1.29, 1.82) is 5.26 Å². The van der Waals surface area contributed by atoms with Crippen LogP contribution in [0.2, 0.25) is 5.02 Å². The quantitative estimate of drug-likeness (QED) is 0.497. The zero-order valence-electron chi connectivity index (χ0n) is 18.5. The first-order valence-electron chi connectivity index (χ1n) is 10.8. The fraction of sp³-hybridized carbons (Fsp3) is 0.409. The maximum atomic E-state index is 13.7. The molecule has 0 amide bonds. The Bertz CT molecular complexity index is 1260. The van der Waals surface area contributed by atoms with Crippen molar-refractivity contribution in [2.45, 2.75) is 26.3 Å². The number of nitrogen functional groups attached to an aromatic ring is 1. The molecule has 33 heavy (non-hydrogen) atoms. The summed E-state index contributed by atoms with van der Waals surface area (Å²) in [5, 5.41) is 19.0. The highest BCUT2D eigenvalue weighted by atomic mass is 35.5. The average Bonchev–Trinajstić information content (AvgIpc) is 2.79. The first-order chi connectivity index (χ1) is 15.9. The molecule has 10 nitrogen and oxygen atoms in total. The van der Waals surface area contributed by atoms with E-state index in [9.17, 15) is 10.1 Å². The van der Waals surface area contributed by atoms with Gasteiger partial charge in [0.2, 0.25) is 0 Å². The second kappa shape index (κ2) is 9.60. The molecule has 3 aromatic rings. The number of hydrogen-bond acceptors (Lipinski definition) is 9. The predicted molar refractivity (Wildman–Crippen MR) is 129 cm³/mol. The number of nitrogens with zero attached hydrogens (tertiary/aromatic N) is 6. The molecule has 4 N–H and O–H groups in total. The van der Waals surface area contributed by atoms with Crippen molar-refractivity contribution in [2.75, 3.05) is 42.2 Å². The van der Waals surface area contributed by atoms with E-state index in [1.54, 1.807) is 22.9 Å². The van der Waals surface area contributed by atoms with Gasteiger partial charge in [0.15, 0.2) is 5.82 Å². The van der Waals surface area contributed by atoms with Gasteiger partial charge in [-0.1, -0.05) is 31.5 Å². The fourth-order valence-corrected chi connectivity index (χ4v) is 4.28. The van der Waals surface area contributed by atoms with Crippen molar-refractivity contribution in [3.63, 3.8) is 0 Å². The van der Waals surface area contributed by atoms with E-state index in [2.05, 4.69) is 40.5 Å². The molecule has 1 unspecified atom stereocenters. The Labute approximate surface area is 196 Å². The van der Waals surface area contributed by atoms with Crippen LogP contribution in [0, 0.1) is 17.2 Å². The van der Waals surface area contributed by atoms with Crippen molar-refractivity contribution >= 4 is 34.1 Å². The molecular weight excluding hydrogens is 442 g/mol. The number of benzene rings is 1. The zero-order chi connectivity index (χ0) is 23.5. The number of piperazine rings is 1. The van der Waals surface area contributed by atoms with Gasteiger partial charge in [-0.2, -0.15) is 5.26 Å². The van der Waals surface area contributed by atoms with Gasteiger partial charge in [-0.05, 0) is 24.5 Å². The minimum Gasteiger partial charge on any atom is -0.382 e. The van der Waals surface area contributed by atoms with E-state index in [0.717, 1.165) is 13.1 Å². The van der Waals surface area contributed by atoms with E-state index in [1.165, 1.54) is 6.33 Å². The zero-order valence-corrected chi connectivity index (χ0v) is 19.3. The summed E-state index contributed by atoms with van der Waals surface area (Å²) in [7, 11) is 0. The molecule has 1 atom stereocenters. The van der Waals surface area contributed by atoms with Crippen LogP contribution in [0.4, 0.5) is 11.6 Å². The van der Waals surface area contributed by atoms with Gasteiger partial charge in [0.05, 0.1) is 22.0 Å². The topological polar surface area (TPSA) is 138 Å². The monoisotopic (exact) mass is 467 g/mol. The van der Waals surface area contributed by atoms with Crippen molar-refractivity contribution in [2.24, 2.45) is 5.92 Å². The molecule has 1 aliphatic heterocycles. The molecule has 1 saturated heterocycles. The first-order valence-corrected chi connectivity index (χ1v) is 11.2. The van der Waals surface area contributed by atoms with E-state index in [4.69, 9.17) is 22.3 Å². The number of halogens is 1. The largest absolute Gasteiger partial charge is 0.382 e. The minimum atomic E-state index is -0.419. The fourth-order valence-electron chi connectivity index (χ4n) is 4.03. The van der Waals surface area contributed by atoms with Crippen molar-refractivity contribution in [3.05, 3.63) is 51.3 Å². The molecule has 1 aliphatic rings. The van der Waals surface area contributed by atoms with Gasteiger partial charge in [-0.25, -0.2) is 19.6 Å². The van der Waals surface area contributed by atoms with Gasteiger partial charge >= 0.3 is 0 Å². The van der Waals surface area contributed by atoms with Crippen molar-refractivity contribution < 1.29 is 0 Å². The van der Waals surface area contributed by atoms with Crippen LogP contribution < -0.4 is 26.9 Å². The van der Waals surface area contributed by atoms with Crippen LogP contribution in [-0.2, 0) is 0 Å². The number of nitrogens with one attached hydrogen (secondary N) is 2. The van der Waals surface area contributed by atoms with E-state index < -0.39 is 6.04 Å². The maximum Gasteiger partial charge on any atom is 0.281 e. The normalized spacial score (nSPS) is 14.9. The van der Waals surface area contributed by atoms with E-state index in [1.807, 2.05) is 5.01 Å². The number of nitriles is 1. The van der Waals surface area contributed by atoms with Crippen LogP contribution in [0.3, 0.4) is 0 Å². The van der Waals surface area contributed by atoms with Crippen LogP contribution in [0.15, 0.2) is 29.3 Å². The lowest BCUT2D eigenvalue weighted by Crippen LogP contribution is -2.54. The summed E-state index contributed by atoms with van der Waals surface area (Å²) in [5.74, 6) is 1.20. The summed E-state index contributed by atoms with van der Waals surface area (Å²) in [4.78, 5) is 26.8. The van der Waals surface area contributed by atoms with Crippen LogP contribution in [0.1, 0.15) is 37.7 Å². The molecule has 3 heterocycles. The number of aromatic nitrogens is 4. The SMILES string of the molecule is CC(C)CC(Nc1ncnc(N)c1C#N)c1nc2cccc(Cl)c2c(=O)n1N1CCNCC1. The first kappa shape index (κ1) is 22.8. The second-order valence-corrected chi connectivity index (χ2v) is 8.75. The lowest BCUT2D eigenvalue weighted by atomic mass is 10.0. The Hall–Kier alpha value is -3.42. The summed E-state index contributed by atoms with van der Waals surface area (Å²) in [6.07, 6.45) is 1.95.